The Labute approximate surface area is 330 Å². The maximum absolute atomic E-state index is 11.4. The third-order valence-electron chi connectivity index (χ3n) is 7.81. The van der Waals surface area contributed by atoms with E-state index in [1.807, 2.05) is 0 Å². The summed E-state index contributed by atoms with van der Waals surface area (Å²) in [4.78, 5) is 75.6. The highest BCUT2D eigenvalue weighted by molar-refractivity contribution is 5.89. The van der Waals surface area contributed by atoms with Gasteiger partial charge in [0.25, 0.3) is 0 Å². The highest BCUT2D eigenvalue weighted by Gasteiger charge is 2.17. The molecular formula is C35H34N12O12. The summed E-state index contributed by atoms with van der Waals surface area (Å²) in [6.45, 7) is 6.92. The smallest absolute Gasteiger partial charge is 0.356 e. The summed E-state index contributed by atoms with van der Waals surface area (Å²) in [5.41, 5.74) is 3.16. The average Bonchev–Trinajstić information content (AvgIpc) is 3.98. The number of carbonyl (C=O) groups excluding carboxylic acids is 3. The molecule has 8 rings (SSSR count). The van der Waals surface area contributed by atoms with Gasteiger partial charge in [-0.05, 0) is 52.0 Å². The Hall–Kier alpha value is -8.44. The van der Waals surface area contributed by atoms with Gasteiger partial charge in [-0.3, -0.25) is 13.2 Å². The van der Waals surface area contributed by atoms with Crippen LogP contribution in [0.15, 0.2) is 49.1 Å². The number of carbonyl (C=O) groups is 4. The summed E-state index contributed by atoms with van der Waals surface area (Å²) in [5.74, 6) is -2.19. The molecule has 0 aliphatic heterocycles. The number of aromatic carboxylic acids is 1. The third kappa shape index (κ3) is 9.01. The lowest BCUT2D eigenvalue weighted by Crippen LogP contribution is -2.09. The number of imidazole rings is 4. The SMILES string of the molecule is COC(=O)c1cc(C)n2c(O)cnc2n1.COC(=O)c1cc(C)nc2nc(O)cn12.COC(=O)c1cc(C)nc2ncc(O)n12.Cc1cc(C(=O)O)nc2nc(O)cn12. The molecule has 0 aromatic carbocycles. The molecule has 24 nitrogen and oxygen atoms in total. The van der Waals surface area contributed by atoms with Crippen molar-refractivity contribution in [3.05, 3.63) is 94.6 Å². The lowest BCUT2D eigenvalue weighted by molar-refractivity contribution is 0.0582. The first-order chi connectivity index (χ1) is 27.9. The summed E-state index contributed by atoms with van der Waals surface area (Å²) in [5, 5.41) is 45.9. The molecule has 8 heterocycles. The van der Waals surface area contributed by atoms with Gasteiger partial charge in [-0.25, -0.2) is 53.5 Å². The van der Waals surface area contributed by atoms with Gasteiger partial charge in [0.15, 0.2) is 11.4 Å². The van der Waals surface area contributed by atoms with Crippen LogP contribution in [0.2, 0.25) is 0 Å². The van der Waals surface area contributed by atoms with Crippen LogP contribution >= 0.6 is 0 Å². The monoisotopic (exact) mass is 814 g/mol. The number of aryl methyl sites for hydroxylation is 4. The molecule has 5 N–H and O–H groups in total. The normalized spacial score (nSPS) is 10.6. The summed E-state index contributed by atoms with van der Waals surface area (Å²) >= 11 is 0. The van der Waals surface area contributed by atoms with E-state index >= 15 is 0 Å². The Kier molecular flexibility index (Phi) is 12.1. The number of aromatic hydroxyl groups is 4. The molecule has 0 aliphatic carbocycles. The third-order valence-corrected chi connectivity index (χ3v) is 7.81. The van der Waals surface area contributed by atoms with Crippen LogP contribution in [-0.4, -0.2) is 128 Å². The minimum atomic E-state index is -1.11. The van der Waals surface area contributed by atoms with E-state index in [1.165, 1.54) is 81.9 Å². The molecule has 0 bridgehead atoms. The quantitative estimate of drug-likeness (QED) is 0.125. The first kappa shape index (κ1) is 41.7. The molecule has 306 valence electrons. The van der Waals surface area contributed by atoms with Crippen LogP contribution < -0.4 is 0 Å². The van der Waals surface area contributed by atoms with Gasteiger partial charge in [0, 0.05) is 22.8 Å². The lowest BCUT2D eigenvalue weighted by Gasteiger charge is -2.04. The van der Waals surface area contributed by atoms with Gasteiger partial charge in [0.2, 0.25) is 46.6 Å². The number of carboxylic acid groups (broad SMARTS) is 1. The van der Waals surface area contributed by atoms with Crippen LogP contribution in [0.3, 0.4) is 0 Å². The van der Waals surface area contributed by atoms with Gasteiger partial charge in [0.05, 0.1) is 46.1 Å². The van der Waals surface area contributed by atoms with Crippen molar-refractivity contribution in [1.29, 1.82) is 0 Å². The van der Waals surface area contributed by atoms with Crippen LogP contribution in [-0.2, 0) is 14.2 Å². The fourth-order valence-corrected chi connectivity index (χ4v) is 5.26. The van der Waals surface area contributed by atoms with E-state index in [2.05, 4.69) is 54.1 Å². The second-order valence-corrected chi connectivity index (χ2v) is 12.0. The highest BCUT2D eigenvalue weighted by Crippen LogP contribution is 2.18. The number of hydrogen-bond donors (Lipinski definition) is 5. The number of aromatic nitrogens is 12. The minimum absolute atomic E-state index is 0.00795. The topological polar surface area (TPSA) is 318 Å². The maximum Gasteiger partial charge on any atom is 0.356 e. The summed E-state index contributed by atoms with van der Waals surface area (Å²) in [6.07, 6.45) is 5.20. The molecular weight excluding hydrogens is 780 g/mol. The number of methoxy groups -OCH3 is 3. The van der Waals surface area contributed by atoms with E-state index in [0.29, 0.717) is 22.8 Å². The molecule has 0 radical (unpaired) electrons. The summed E-state index contributed by atoms with van der Waals surface area (Å²) < 4.78 is 19.3. The Bertz CT molecular complexity index is 2890. The van der Waals surface area contributed by atoms with Gasteiger partial charge >= 0.3 is 23.9 Å². The number of hydrogen-bond acceptors (Lipinski definition) is 19. The van der Waals surface area contributed by atoms with Crippen LogP contribution in [0.1, 0.15) is 64.7 Å². The molecule has 0 aliphatic rings. The number of esters is 3. The molecule has 0 saturated heterocycles. The second kappa shape index (κ2) is 17.1. The van der Waals surface area contributed by atoms with Crippen molar-refractivity contribution in [2.45, 2.75) is 27.7 Å². The molecule has 0 atom stereocenters. The van der Waals surface area contributed by atoms with E-state index in [0.717, 1.165) is 0 Å². The van der Waals surface area contributed by atoms with Crippen molar-refractivity contribution < 1.29 is 58.9 Å². The Morgan fingerprint density at radius 2 is 0.983 bits per heavy atom. The molecule has 59 heavy (non-hydrogen) atoms. The first-order valence-electron chi connectivity index (χ1n) is 16.6. The molecule has 24 heteroatoms. The van der Waals surface area contributed by atoms with Gasteiger partial charge < -0.3 is 39.7 Å². The van der Waals surface area contributed by atoms with Crippen molar-refractivity contribution in [1.82, 2.24) is 57.5 Å². The van der Waals surface area contributed by atoms with Crippen molar-refractivity contribution in [3.63, 3.8) is 0 Å². The van der Waals surface area contributed by atoms with Crippen LogP contribution in [0.4, 0.5) is 0 Å². The van der Waals surface area contributed by atoms with Crippen molar-refractivity contribution in [2.75, 3.05) is 21.3 Å². The van der Waals surface area contributed by atoms with Gasteiger partial charge in [-0.1, -0.05) is 0 Å². The predicted molar refractivity (Wildman–Crippen MR) is 199 cm³/mol. The molecule has 8 aromatic rings. The largest absolute Gasteiger partial charge is 0.493 e. The van der Waals surface area contributed by atoms with Crippen molar-refractivity contribution in [2.24, 2.45) is 0 Å². The van der Waals surface area contributed by atoms with E-state index in [4.69, 9.17) is 10.2 Å². The molecule has 0 amide bonds. The highest BCUT2D eigenvalue weighted by atomic mass is 16.5. The molecule has 0 saturated carbocycles. The summed E-state index contributed by atoms with van der Waals surface area (Å²) in [6, 6.07) is 6.04. The van der Waals surface area contributed by atoms with Crippen molar-refractivity contribution in [3.8, 4) is 23.5 Å². The average molecular weight is 815 g/mol. The standard InChI is InChI=1S/3C9H9N3O3.C8H7N3O3/c1-5-3-6(8(14)15-2)12-4-7(13)11-9(12)10-5;1-5-3-6(8(14)15-2)11-9-10-4-7(13)12(5)9;1-5-3-6(8(14)15-2)12-7(13)4-10-9(12)11-5;1-4-2-5(7(13)14)9-8-10-6(12)3-11(4)8/h3*3-4,13H,1-2H3;2-3,12H,1H3,(H,13,14). The first-order valence-corrected chi connectivity index (χ1v) is 16.6. The van der Waals surface area contributed by atoms with E-state index in [9.17, 15) is 34.5 Å². The summed E-state index contributed by atoms with van der Waals surface area (Å²) in [7, 11) is 3.85. The molecule has 8 aromatic heterocycles. The zero-order chi connectivity index (χ0) is 43.3. The van der Waals surface area contributed by atoms with Crippen LogP contribution in [0, 0.1) is 27.7 Å². The van der Waals surface area contributed by atoms with Gasteiger partial charge in [-0.15, -0.1) is 0 Å². The van der Waals surface area contributed by atoms with E-state index in [-0.39, 0.29) is 69.4 Å². The lowest BCUT2D eigenvalue weighted by atomic mass is 10.3. The zero-order valence-corrected chi connectivity index (χ0v) is 32.1. The zero-order valence-electron chi connectivity index (χ0n) is 32.1. The number of rotatable bonds is 4. The molecule has 0 fully saturated rings. The Morgan fingerprint density at radius 1 is 0.525 bits per heavy atom. The number of carboxylic acids is 1. The maximum atomic E-state index is 11.4. The number of ether oxygens (including phenoxy) is 3. The number of fused-ring (bicyclic) bond motifs is 4. The fraction of sp³-hybridized carbons (Fsp3) is 0.200. The second-order valence-electron chi connectivity index (χ2n) is 12.0. The van der Waals surface area contributed by atoms with Crippen LogP contribution in [0.25, 0.3) is 23.1 Å². The van der Waals surface area contributed by atoms with Gasteiger partial charge in [0.1, 0.15) is 11.4 Å². The van der Waals surface area contributed by atoms with E-state index < -0.39 is 23.9 Å². The minimum Gasteiger partial charge on any atom is -0.493 e. The van der Waals surface area contributed by atoms with Crippen LogP contribution in [0.5, 0.6) is 23.5 Å². The Morgan fingerprint density at radius 3 is 1.56 bits per heavy atom. The van der Waals surface area contributed by atoms with Crippen molar-refractivity contribution >= 4 is 47.0 Å². The Balaban J connectivity index is 0.000000150. The molecule has 0 spiro atoms. The fourth-order valence-electron chi connectivity index (χ4n) is 5.26. The number of nitrogens with zero attached hydrogens (tertiary/aromatic N) is 12. The van der Waals surface area contributed by atoms with E-state index in [1.54, 1.807) is 33.8 Å². The predicted octanol–water partition coefficient (Wildman–Crippen LogP) is 2.03. The van der Waals surface area contributed by atoms with Gasteiger partial charge in [-0.2, -0.15) is 9.97 Å². The molecule has 0 unspecified atom stereocenters.